The highest BCUT2D eigenvalue weighted by Gasteiger charge is 1.93. The molecule has 0 saturated carbocycles. The number of aliphatic hydroxyl groups excluding tert-OH is 1. The third-order valence-corrected chi connectivity index (χ3v) is 3.30. The standard InChI is InChI=1S/C20H32O3/c1-2-3-4-5-10-13-16-19(21)17-14-11-8-6-7-9-12-15-18-20(22)23/h7-11,13-14,17,19,21H,2-6,12,15-16,18H2,1H3,(H,22,23)/b9-7+,11-8+,13-10+,17-14+. The Hall–Kier alpha value is -1.61. The van der Waals surface area contributed by atoms with Crippen LogP contribution in [0.25, 0.3) is 0 Å². The van der Waals surface area contributed by atoms with Gasteiger partial charge in [0.05, 0.1) is 6.10 Å². The molecule has 0 aromatic rings. The lowest BCUT2D eigenvalue weighted by molar-refractivity contribution is -0.137. The lowest BCUT2D eigenvalue weighted by atomic mass is 10.1. The van der Waals surface area contributed by atoms with Gasteiger partial charge >= 0.3 is 5.97 Å². The van der Waals surface area contributed by atoms with E-state index in [1.165, 1.54) is 19.3 Å². The molecule has 0 fully saturated rings. The average Bonchev–Trinajstić information content (AvgIpc) is 2.52. The number of hydrogen-bond acceptors (Lipinski definition) is 2. The van der Waals surface area contributed by atoms with E-state index in [-0.39, 0.29) is 6.42 Å². The number of carbonyl (C=O) groups is 1. The summed E-state index contributed by atoms with van der Waals surface area (Å²) in [5.74, 6) is -0.738. The molecule has 0 aromatic heterocycles. The second kappa shape index (κ2) is 16.8. The molecule has 0 radical (unpaired) electrons. The first kappa shape index (κ1) is 21.4. The number of allylic oxidation sites excluding steroid dienone is 6. The maximum absolute atomic E-state index is 10.3. The van der Waals surface area contributed by atoms with E-state index in [2.05, 4.69) is 13.0 Å². The van der Waals surface area contributed by atoms with Crippen molar-refractivity contribution in [3.63, 3.8) is 0 Å². The van der Waals surface area contributed by atoms with E-state index in [1.54, 1.807) is 6.08 Å². The number of aliphatic hydroxyl groups is 1. The minimum Gasteiger partial charge on any atom is -0.481 e. The highest BCUT2D eigenvalue weighted by molar-refractivity contribution is 5.66. The van der Waals surface area contributed by atoms with Crippen LogP contribution in [-0.4, -0.2) is 22.3 Å². The Balaban J connectivity index is 3.62. The molecule has 0 aliphatic carbocycles. The Bertz CT molecular complexity index is 392. The van der Waals surface area contributed by atoms with Gasteiger partial charge in [0.2, 0.25) is 0 Å². The Labute approximate surface area is 141 Å². The number of hydrogen-bond donors (Lipinski definition) is 2. The zero-order chi connectivity index (χ0) is 17.2. The summed E-state index contributed by atoms with van der Waals surface area (Å²) in [6.45, 7) is 2.20. The summed E-state index contributed by atoms with van der Waals surface area (Å²) >= 11 is 0. The Kier molecular flexibility index (Phi) is 15.6. The minimum absolute atomic E-state index is 0.230. The van der Waals surface area contributed by atoms with Crippen molar-refractivity contribution in [2.24, 2.45) is 0 Å². The topological polar surface area (TPSA) is 57.5 Å². The van der Waals surface area contributed by atoms with E-state index < -0.39 is 12.1 Å². The van der Waals surface area contributed by atoms with Gasteiger partial charge in [-0.2, -0.15) is 0 Å². The second-order valence-corrected chi connectivity index (χ2v) is 5.58. The largest absolute Gasteiger partial charge is 0.481 e. The van der Waals surface area contributed by atoms with Crippen LogP contribution in [0.5, 0.6) is 0 Å². The van der Waals surface area contributed by atoms with Crippen LogP contribution in [0.1, 0.15) is 64.7 Å². The van der Waals surface area contributed by atoms with Crippen LogP contribution in [0.15, 0.2) is 48.6 Å². The fraction of sp³-hybridized carbons (Fsp3) is 0.550. The molecule has 0 aliphatic rings. The summed E-state index contributed by atoms with van der Waals surface area (Å²) in [6, 6.07) is 0. The minimum atomic E-state index is -0.738. The fourth-order valence-electron chi connectivity index (χ4n) is 1.96. The van der Waals surface area contributed by atoms with Gasteiger partial charge in [-0.1, -0.05) is 68.4 Å². The van der Waals surface area contributed by atoms with E-state index in [1.807, 2.05) is 36.5 Å². The van der Waals surface area contributed by atoms with Gasteiger partial charge in [-0.25, -0.2) is 0 Å². The maximum atomic E-state index is 10.3. The van der Waals surface area contributed by atoms with Crippen LogP contribution < -0.4 is 0 Å². The van der Waals surface area contributed by atoms with Crippen molar-refractivity contribution in [2.45, 2.75) is 70.8 Å². The Morgan fingerprint density at radius 2 is 1.70 bits per heavy atom. The zero-order valence-electron chi connectivity index (χ0n) is 14.4. The first-order chi connectivity index (χ1) is 11.2. The number of carboxylic acid groups (broad SMARTS) is 1. The zero-order valence-corrected chi connectivity index (χ0v) is 14.4. The monoisotopic (exact) mass is 320 g/mol. The first-order valence-corrected chi connectivity index (χ1v) is 8.70. The van der Waals surface area contributed by atoms with Crippen molar-refractivity contribution >= 4 is 5.97 Å². The van der Waals surface area contributed by atoms with Crippen molar-refractivity contribution in [2.75, 3.05) is 0 Å². The molecule has 0 heterocycles. The third-order valence-electron chi connectivity index (χ3n) is 3.30. The molecule has 3 heteroatoms. The summed E-state index contributed by atoms with van der Waals surface area (Å²) in [6.07, 6.45) is 23.5. The summed E-state index contributed by atoms with van der Waals surface area (Å²) < 4.78 is 0. The molecule has 0 aromatic carbocycles. The van der Waals surface area contributed by atoms with Crippen molar-refractivity contribution in [1.29, 1.82) is 0 Å². The van der Waals surface area contributed by atoms with E-state index in [0.717, 1.165) is 19.3 Å². The predicted molar refractivity (Wildman–Crippen MR) is 97.4 cm³/mol. The molecule has 1 atom stereocenters. The van der Waals surface area contributed by atoms with Crippen molar-refractivity contribution in [3.8, 4) is 0 Å². The SMILES string of the molecule is CCCCC/C=C/CC(O)/C=C/C=C/C/C=C/CCCC(=O)O. The van der Waals surface area contributed by atoms with Gasteiger partial charge in [0, 0.05) is 6.42 Å². The van der Waals surface area contributed by atoms with Crippen molar-refractivity contribution in [1.82, 2.24) is 0 Å². The summed E-state index contributed by atoms with van der Waals surface area (Å²) in [7, 11) is 0. The van der Waals surface area contributed by atoms with Crippen molar-refractivity contribution < 1.29 is 15.0 Å². The van der Waals surface area contributed by atoms with Crippen LogP contribution in [0.4, 0.5) is 0 Å². The molecular formula is C20H32O3. The van der Waals surface area contributed by atoms with E-state index in [9.17, 15) is 9.90 Å². The highest BCUT2D eigenvalue weighted by atomic mass is 16.4. The van der Waals surface area contributed by atoms with Crippen molar-refractivity contribution in [3.05, 3.63) is 48.6 Å². The molecule has 1 unspecified atom stereocenters. The number of rotatable bonds is 14. The van der Waals surface area contributed by atoms with Crippen LogP contribution in [0.2, 0.25) is 0 Å². The molecule has 0 bridgehead atoms. The van der Waals surface area contributed by atoms with Crippen LogP contribution in [0, 0.1) is 0 Å². The molecule has 23 heavy (non-hydrogen) atoms. The fourth-order valence-corrected chi connectivity index (χ4v) is 1.96. The van der Waals surface area contributed by atoms with Gasteiger partial charge in [-0.05, 0) is 38.5 Å². The smallest absolute Gasteiger partial charge is 0.303 e. The molecular weight excluding hydrogens is 288 g/mol. The van der Waals surface area contributed by atoms with E-state index in [4.69, 9.17) is 5.11 Å². The van der Waals surface area contributed by atoms with E-state index in [0.29, 0.717) is 12.8 Å². The van der Waals surface area contributed by atoms with Gasteiger partial charge in [-0.3, -0.25) is 4.79 Å². The quantitative estimate of drug-likeness (QED) is 0.263. The predicted octanol–water partition coefficient (Wildman–Crippen LogP) is 5.19. The first-order valence-electron chi connectivity index (χ1n) is 8.70. The van der Waals surface area contributed by atoms with Gasteiger partial charge in [-0.15, -0.1) is 0 Å². The summed E-state index contributed by atoms with van der Waals surface area (Å²) in [5, 5.41) is 18.3. The highest BCUT2D eigenvalue weighted by Crippen LogP contribution is 2.02. The maximum Gasteiger partial charge on any atom is 0.303 e. The molecule has 0 spiro atoms. The van der Waals surface area contributed by atoms with Crippen LogP contribution >= 0.6 is 0 Å². The molecule has 0 amide bonds. The molecule has 130 valence electrons. The van der Waals surface area contributed by atoms with Gasteiger partial charge in [0.25, 0.3) is 0 Å². The Morgan fingerprint density at radius 3 is 2.43 bits per heavy atom. The van der Waals surface area contributed by atoms with E-state index >= 15 is 0 Å². The lowest BCUT2D eigenvalue weighted by Gasteiger charge is -1.99. The molecule has 0 saturated heterocycles. The second-order valence-electron chi connectivity index (χ2n) is 5.58. The van der Waals surface area contributed by atoms with Gasteiger partial charge in [0.1, 0.15) is 0 Å². The summed E-state index contributed by atoms with van der Waals surface area (Å²) in [4.78, 5) is 10.3. The molecule has 2 N–H and O–H groups in total. The van der Waals surface area contributed by atoms with Crippen LogP contribution in [0.3, 0.4) is 0 Å². The normalized spacial score (nSPS) is 13.8. The number of aliphatic carboxylic acids is 1. The molecule has 0 rings (SSSR count). The average molecular weight is 320 g/mol. The molecule has 3 nitrogen and oxygen atoms in total. The molecule has 0 aliphatic heterocycles. The number of unbranched alkanes of at least 4 members (excludes halogenated alkanes) is 4. The third kappa shape index (κ3) is 18.3. The number of carboxylic acids is 1. The van der Waals surface area contributed by atoms with Gasteiger partial charge < -0.3 is 10.2 Å². The lowest BCUT2D eigenvalue weighted by Crippen LogP contribution is -1.98. The van der Waals surface area contributed by atoms with Crippen LogP contribution in [-0.2, 0) is 4.79 Å². The van der Waals surface area contributed by atoms with Gasteiger partial charge in [0.15, 0.2) is 0 Å². The Morgan fingerprint density at radius 1 is 0.957 bits per heavy atom. The summed E-state index contributed by atoms with van der Waals surface area (Å²) in [5.41, 5.74) is 0.